The Morgan fingerprint density at radius 3 is 2.26 bits per heavy atom. The van der Waals surface area contributed by atoms with Gasteiger partial charge in [-0.1, -0.05) is 46.8 Å². The standard InChI is InChI=1S/C17H29NO/c1-13-7-8-14(16(2,3)4)15(11-13)19-10-9-17(5,6)12-18/h7-8,11H,9-10,12,18H2,1-6H3. The molecule has 1 aromatic carbocycles. The molecule has 0 aliphatic heterocycles. The van der Waals surface area contributed by atoms with Crippen molar-refractivity contribution < 1.29 is 4.74 Å². The summed E-state index contributed by atoms with van der Waals surface area (Å²) in [5.74, 6) is 1.01. The van der Waals surface area contributed by atoms with Gasteiger partial charge in [0.15, 0.2) is 0 Å². The molecule has 0 saturated heterocycles. The van der Waals surface area contributed by atoms with Gasteiger partial charge in [0, 0.05) is 0 Å². The molecule has 19 heavy (non-hydrogen) atoms. The molecule has 0 unspecified atom stereocenters. The lowest BCUT2D eigenvalue weighted by molar-refractivity contribution is 0.230. The lowest BCUT2D eigenvalue weighted by Crippen LogP contribution is -2.26. The van der Waals surface area contributed by atoms with Crippen LogP contribution in [0.25, 0.3) is 0 Å². The minimum Gasteiger partial charge on any atom is -0.493 e. The Kier molecular flexibility index (Phi) is 5.03. The monoisotopic (exact) mass is 263 g/mol. The van der Waals surface area contributed by atoms with Crippen LogP contribution in [0.2, 0.25) is 0 Å². The van der Waals surface area contributed by atoms with Crippen LogP contribution < -0.4 is 10.5 Å². The molecule has 0 bridgehead atoms. The second-order valence-electron chi connectivity index (χ2n) is 7.22. The van der Waals surface area contributed by atoms with E-state index in [1.807, 2.05) is 0 Å². The third kappa shape index (κ3) is 4.87. The molecule has 0 fully saturated rings. The van der Waals surface area contributed by atoms with Crippen molar-refractivity contribution in [3.63, 3.8) is 0 Å². The fourth-order valence-corrected chi connectivity index (χ4v) is 1.91. The number of nitrogens with two attached hydrogens (primary N) is 1. The largest absolute Gasteiger partial charge is 0.493 e. The van der Waals surface area contributed by atoms with Crippen LogP contribution in [0.3, 0.4) is 0 Å². The molecule has 0 saturated carbocycles. The highest BCUT2D eigenvalue weighted by molar-refractivity contribution is 5.41. The molecule has 0 aliphatic carbocycles. The van der Waals surface area contributed by atoms with Gasteiger partial charge in [-0.2, -0.15) is 0 Å². The van der Waals surface area contributed by atoms with Crippen molar-refractivity contribution in [1.82, 2.24) is 0 Å². The summed E-state index contributed by atoms with van der Waals surface area (Å²) >= 11 is 0. The van der Waals surface area contributed by atoms with Crippen LogP contribution in [0.5, 0.6) is 5.75 Å². The third-order valence-electron chi connectivity index (χ3n) is 3.53. The first-order valence-corrected chi connectivity index (χ1v) is 7.10. The summed E-state index contributed by atoms with van der Waals surface area (Å²) < 4.78 is 6.03. The van der Waals surface area contributed by atoms with Crippen LogP contribution in [0.15, 0.2) is 18.2 Å². The van der Waals surface area contributed by atoms with Crippen molar-refractivity contribution in [3.05, 3.63) is 29.3 Å². The molecule has 0 spiro atoms. The summed E-state index contributed by atoms with van der Waals surface area (Å²) in [7, 11) is 0. The zero-order valence-corrected chi connectivity index (χ0v) is 13.3. The molecule has 0 aromatic heterocycles. The number of benzene rings is 1. The van der Waals surface area contributed by atoms with Gasteiger partial charge in [-0.25, -0.2) is 0 Å². The maximum Gasteiger partial charge on any atom is 0.123 e. The number of aryl methyl sites for hydroxylation is 1. The number of hydrogen-bond acceptors (Lipinski definition) is 2. The summed E-state index contributed by atoms with van der Waals surface area (Å²) in [6, 6.07) is 6.46. The van der Waals surface area contributed by atoms with Crippen molar-refractivity contribution in [2.45, 2.75) is 53.4 Å². The lowest BCUT2D eigenvalue weighted by atomic mass is 9.86. The van der Waals surface area contributed by atoms with Crippen LogP contribution in [0, 0.1) is 12.3 Å². The summed E-state index contributed by atoms with van der Waals surface area (Å²) in [5, 5.41) is 0. The quantitative estimate of drug-likeness (QED) is 0.870. The van der Waals surface area contributed by atoms with Gasteiger partial charge in [0.05, 0.1) is 6.61 Å². The molecule has 1 aromatic rings. The summed E-state index contributed by atoms with van der Waals surface area (Å²) in [5.41, 5.74) is 8.51. The highest BCUT2D eigenvalue weighted by atomic mass is 16.5. The summed E-state index contributed by atoms with van der Waals surface area (Å²) in [4.78, 5) is 0. The van der Waals surface area contributed by atoms with Crippen LogP contribution >= 0.6 is 0 Å². The lowest BCUT2D eigenvalue weighted by Gasteiger charge is -2.25. The Balaban J connectivity index is 2.80. The van der Waals surface area contributed by atoms with Crippen LogP contribution in [-0.4, -0.2) is 13.2 Å². The zero-order chi connectivity index (χ0) is 14.7. The number of rotatable bonds is 5. The van der Waals surface area contributed by atoms with E-state index < -0.39 is 0 Å². The number of hydrogen-bond donors (Lipinski definition) is 1. The van der Waals surface area contributed by atoms with E-state index in [2.05, 4.69) is 59.7 Å². The van der Waals surface area contributed by atoms with Gasteiger partial charge in [0.25, 0.3) is 0 Å². The van der Waals surface area contributed by atoms with Crippen molar-refractivity contribution in [2.75, 3.05) is 13.2 Å². The van der Waals surface area contributed by atoms with E-state index in [0.717, 1.165) is 18.8 Å². The van der Waals surface area contributed by atoms with Crippen molar-refractivity contribution >= 4 is 0 Å². The first-order valence-electron chi connectivity index (χ1n) is 7.10. The Bertz CT molecular complexity index is 416. The Labute approximate surface area is 118 Å². The van der Waals surface area contributed by atoms with Gasteiger partial charge < -0.3 is 10.5 Å². The second-order valence-corrected chi connectivity index (χ2v) is 7.22. The van der Waals surface area contributed by atoms with Gasteiger partial charge in [0.1, 0.15) is 5.75 Å². The zero-order valence-electron chi connectivity index (χ0n) is 13.3. The van der Waals surface area contributed by atoms with Crippen LogP contribution in [0.1, 0.15) is 52.2 Å². The average molecular weight is 263 g/mol. The fraction of sp³-hybridized carbons (Fsp3) is 0.647. The molecule has 0 amide bonds. The molecule has 108 valence electrons. The van der Waals surface area contributed by atoms with E-state index >= 15 is 0 Å². The Morgan fingerprint density at radius 2 is 1.74 bits per heavy atom. The minimum atomic E-state index is 0.104. The predicted octanol–water partition coefficient (Wildman–Crippen LogP) is 4.05. The van der Waals surface area contributed by atoms with E-state index in [1.165, 1.54) is 11.1 Å². The summed E-state index contributed by atoms with van der Waals surface area (Å²) in [6.07, 6.45) is 0.973. The minimum absolute atomic E-state index is 0.104. The molecule has 0 atom stereocenters. The van der Waals surface area contributed by atoms with Gasteiger partial charge in [-0.15, -0.1) is 0 Å². The van der Waals surface area contributed by atoms with Gasteiger partial charge in [-0.05, 0) is 47.9 Å². The maximum atomic E-state index is 6.03. The molecular formula is C17H29NO. The fourth-order valence-electron chi connectivity index (χ4n) is 1.91. The highest BCUT2D eigenvalue weighted by Crippen LogP contribution is 2.32. The van der Waals surface area contributed by atoms with Gasteiger partial charge >= 0.3 is 0 Å². The maximum absolute atomic E-state index is 6.03. The smallest absolute Gasteiger partial charge is 0.123 e. The SMILES string of the molecule is Cc1ccc(C(C)(C)C)c(OCCC(C)(C)CN)c1. The molecule has 2 heteroatoms. The molecule has 2 N–H and O–H groups in total. The molecular weight excluding hydrogens is 234 g/mol. The molecule has 2 nitrogen and oxygen atoms in total. The van der Waals surface area contributed by atoms with E-state index in [4.69, 9.17) is 10.5 Å². The van der Waals surface area contributed by atoms with Gasteiger partial charge in [0.2, 0.25) is 0 Å². The summed E-state index contributed by atoms with van der Waals surface area (Å²) in [6.45, 7) is 14.5. The van der Waals surface area contributed by atoms with E-state index in [0.29, 0.717) is 6.54 Å². The van der Waals surface area contributed by atoms with E-state index in [-0.39, 0.29) is 10.8 Å². The van der Waals surface area contributed by atoms with E-state index in [1.54, 1.807) is 0 Å². The van der Waals surface area contributed by atoms with Crippen molar-refractivity contribution in [3.8, 4) is 5.75 Å². The Hall–Kier alpha value is -1.02. The number of ether oxygens (including phenoxy) is 1. The van der Waals surface area contributed by atoms with Gasteiger partial charge in [-0.3, -0.25) is 0 Å². The molecule has 0 aliphatic rings. The van der Waals surface area contributed by atoms with Crippen LogP contribution in [-0.2, 0) is 5.41 Å². The first kappa shape index (κ1) is 16.0. The van der Waals surface area contributed by atoms with E-state index in [9.17, 15) is 0 Å². The average Bonchev–Trinajstić information content (AvgIpc) is 2.27. The first-order chi connectivity index (χ1) is 8.65. The third-order valence-corrected chi connectivity index (χ3v) is 3.53. The predicted molar refractivity (Wildman–Crippen MR) is 82.8 cm³/mol. The topological polar surface area (TPSA) is 35.2 Å². The highest BCUT2D eigenvalue weighted by Gasteiger charge is 2.20. The second kappa shape index (κ2) is 5.96. The molecule has 1 rings (SSSR count). The van der Waals surface area contributed by atoms with Crippen molar-refractivity contribution in [2.24, 2.45) is 11.1 Å². The van der Waals surface area contributed by atoms with Crippen LogP contribution in [0.4, 0.5) is 0 Å². The molecule has 0 radical (unpaired) electrons. The molecule has 0 heterocycles. The Morgan fingerprint density at radius 1 is 1.11 bits per heavy atom. The van der Waals surface area contributed by atoms with Crippen molar-refractivity contribution in [1.29, 1.82) is 0 Å². The normalized spacial score (nSPS) is 12.6.